The maximum atomic E-state index is 12.4. The zero-order valence-corrected chi connectivity index (χ0v) is 12.7. The van der Waals surface area contributed by atoms with Crippen LogP contribution in [0.2, 0.25) is 0 Å². The van der Waals surface area contributed by atoms with Crippen LogP contribution < -0.4 is 10.1 Å². The van der Waals surface area contributed by atoms with Gasteiger partial charge < -0.3 is 19.9 Å². The van der Waals surface area contributed by atoms with Gasteiger partial charge in [-0.3, -0.25) is 4.79 Å². The van der Waals surface area contributed by atoms with Gasteiger partial charge in [0.25, 0.3) is 5.91 Å². The number of aliphatic carboxylic acids is 1. The Kier molecular flexibility index (Phi) is 4.62. The first-order valence-electron chi connectivity index (χ1n) is 7.69. The predicted molar refractivity (Wildman–Crippen MR) is 83.0 cm³/mol. The highest BCUT2D eigenvalue weighted by Gasteiger charge is 2.32. The Morgan fingerprint density at radius 2 is 2.13 bits per heavy atom. The van der Waals surface area contributed by atoms with E-state index >= 15 is 0 Å². The molecule has 3 rings (SSSR count). The number of benzene rings is 1. The molecule has 2 unspecified atom stereocenters. The van der Waals surface area contributed by atoms with Crippen molar-refractivity contribution in [2.75, 3.05) is 19.8 Å². The Hall–Kier alpha value is -2.34. The first-order chi connectivity index (χ1) is 11.1. The Morgan fingerprint density at radius 3 is 2.87 bits per heavy atom. The molecule has 1 amide bonds. The van der Waals surface area contributed by atoms with Crippen molar-refractivity contribution in [1.82, 2.24) is 5.32 Å². The van der Waals surface area contributed by atoms with E-state index in [2.05, 4.69) is 5.32 Å². The van der Waals surface area contributed by atoms with Gasteiger partial charge in [-0.1, -0.05) is 18.2 Å². The average molecular weight is 317 g/mol. The third-order valence-corrected chi connectivity index (χ3v) is 4.14. The Labute approximate surface area is 134 Å². The zero-order valence-electron chi connectivity index (χ0n) is 12.7. The molecule has 2 N–H and O–H groups in total. The van der Waals surface area contributed by atoms with Crippen LogP contribution >= 0.6 is 0 Å². The van der Waals surface area contributed by atoms with Gasteiger partial charge in [0.2, 0.25) is 0 Å². The molecule has 0 aliphatic carbocycles. The average Bonchev–Trinajstić information content (AvgIpc) is 2.59. The predicted octanol–water partition coefficient (Wildman–Crippen LogP) is 1.46. The number of ether oxygens (including phenoxy) is 2. The minimum absolute atomic E-state index is 0.135. The Balaban J connectivity index is 1.72. The largest absolute Gasteiger partial charge is 0.488 e. The van der Waals surface area contributed by atoms with E-state index in [1.165, 1.54) is 0 Å². The van der Waals surface area contributed by atoms with Gasteiger partial charge in [-0.25, -0.2) is 4.79 Å². The minimum atomic E-state index is -1.04. The zero-order chi connectivity index (χ0) is 16.2. The molecular weight excluding hydrogens is 298 g/mol. The Bertz CT molecular complexity index is 634. The highest BCUT2D eigenvalue weighted by Crippen LogP contribution is 2.26. The lowest BCUT2D eigenvalue weighted by atomic mass is 9.93. The van der Waals surface area contributed by atoms with Crippen molar-refractivity contribution in [2.45, 2.75) is 18.9 Å². The quantitative estimate of drug-likeness (QED) is 0.878. The SMILES string of the molecule is O=C(NC(C(=O)O)C1CCCOC1)C1=Cc2ccccc2OC1. The molecule has 2 heterocycles. The van der Waals surface area contributed by atoms with Crippen molar-refractivity contribution >= 4 is 18.0 Å². The number of carboxylic acid groups (broad SMARTS) is 1. The van der Waals surface area contributed by atoms with Crippen LogP contribution in [0.3, 0.4) is 0 Å². The number of carboxylic acids is 1. The van der Waals surface area contributed by atoms with E-state index in [-0.39, 0.29) is 12.5 Å². The molecule has 0 spiro atoms. The van der Waals surface area contributed by atoms with Gasteiger partial charge in [0.1, 0.15) is 18.4 Å². The van der Waals surface area contributed by atoms with Crippen LogP contribution in [0.5, 0.6) is 5.75 Å². The smallest absolute Gasteiger partial charge is 0.326 e. The summed E-state index contributed by atoms with van der Waals surface area (Å²) in [7, 11) is 0. The highest BCUT2D eigenvalue weighted by atomic mass is 16.5. The first kappa shape index (κ1) is 15.6. The summed E-state index contributed by atoms with van der Waals surface area (Å²) in [4.78, 5) is 23.9. The van der Waals surface area contributed by atoms with Crippen molar-refractivity contribution in [1.29, 1.82) is 0 Å². The summed E-state index contributed by atoms with van der Waals surface area (Å²) >= 11 is 0. The second-order valence-electron chi connectivity index (χ2n) is 5.76. The number of carbonyl (C=O) groups is 2. The molecular formula is C17H19NO5. The number of para-hydroxylation sites is 1. The van der Waals surface area contributed by atoms with E-state index in [1.54, 1.807) is 6.08 Å². The summed E-state index contributed by atoms with van der Waals surface area (Å²) in [6, 6.07) is 6.46. The van der Waals surface area contributed by atoms with Gasteiger partial charge in [0.15, 0.2) is 0 Å². The molecule has 1 aromatic carbocycles. The molecule has 0 saturated carbocycles. The summed E-state index contributed by atoms with van der Waals surface area (Å²) in [5.74, 6) is -0.925. The number of amides is 1. The summed E-state index contributed by atoms with van der Waals surface area (Å²) in [6.45, 7) is 1.14. The van der Waals surface area contributed by atoms with Crippen LogP contribution in [0, 0.1) is 5.92 Å². The standard InChI is InChI=1S/C17H19NO5/c19-16(13-8-11-4-1-2-6-14(11)23-10-13)18-15(17(20)21)12-5-3-7-22-9-12/h1-2,4,6,8,12,15H,3,5,7,9-10H2,(H,18,19)(H,20,21). The van der Waals surface area contributed by atoms with E-state index < -0.39 is 17.9 Å². The van der Waals surface area contributed by atoms with Crippen molar-refractivity contribution in [3.63, 3.8) is 0 Å². The number of carbonyl (C=O) groups excluding carboxylic acids is 1. The number of fused-ring (bicyclic) bond motifs is 1. The topological polar surface area (TPSA) is 84.9 Å². The van der Waals surface area contributed by atoms with Crippen LogP contribution in [-0.2, 0) is 14.3 Å². The monoisotopic (exact) mass is 317 g/mol. The normalized spacial score (nSPS) is 21.4. The molecule has 0 radical (unpaired) electrons. The molecule has 2 aliphatic rings. The summed E-state index contributed by atoms with van der Waals surface area (Å²) in [5.41, 5.74) is 1.24. The van der Waals surface area contributed by atoms with Gasteiger partial charge in [-0.15, -0.1) is 0 Å². The van der Waals surface area contributed by atoms with Gasteiger partial charge in [0.05, 0.1) is 12.2 Å². The molecule has 122 valence electrons. The van der Waals surface area contributed by atoms with Crippen LogP contribution in [0.15, 0.2) is 29.8 Å². The van der Waals surface area contributed by atoms with Crippen molar-refractivity contribution in [2.24, 2.45) is 5.92 Å². The number of hydrogen-bond donors (Lipinski definition) is 2. The Morgan fingerprint density at radius 1 is 1.30 bits per heavy atom. The maximum absolute atomic E-state index is 12.4. The molecule has 6 heteroatoms. The molecule has 6 nitrogen and oxygen atoms in total. The molecule has 0 bridgehead atoms. The fourth-order valence-electron chi connectivity index (χ4n) is 2.89. The molecule has 23 heavy (non-hydrogen) atoms. The second kappa shape index (κ2) is 6.83. The number of rotatable bonds is 4. The van der Waals surface area contributed by atoms with Crippen molar-refractivity contribution < 1.29 is 24.2 Å². The lowest BCUT2D eigenvalue weighted by Gasteiger charge is -2.28. The third kappa shape index (κ3) is 3.53. The van der Waals surface area contributed by atoms with Crippen LogP contribution in [0.1, 0.15) is 18.4 Å². The molecule has 1 fully saturated rings. The highest BCUT2D eigenvalue weighted by molar-refractivity contribution is 6.00. The summed E-state index contributed by atoms with van der Waals surface area (Å²) in [6.07, 6.45) is 3.28. The second-order valence-corrected chi connectivity index (χ2v) is 5.76. The van der Waals surface area contributed by atoms with Crippen LogP contribution in [0.25, 0.3) is 6.08 Å². The summed E-state index contributed by atoms with van der Waals surface area (Å²) in [5, 5.41) is 12.0. The summed E-state index contributed by atoms with van der Waals surface area (Å²) < 4.78 is 10.9. The lowest BCUT2D eigenvalue weighted by Crippen LogP contribution is -2.49. The molecule has 1 saturated heterocycles. The van der Waals surface area contributed by atoms with Gasteiger partial charge in [0, 0.05) is 18.1 Å². The van der Waals surface area contributed by atoms with E-state index in [0.717, 1.165) is 24.2 Å². The number of hydrogen-bond acceptors (Lipinski definition) is 4. The maximum Gasteiger partial charge on any atom is 0.326 e. The van der Waals surface area contributed by atoms with E-state index in [1.807, 2.05) is 24.3 Å². The fraction of sp³-hybridized carbons (Fsp3) is 0.412. The molecule has 1 aromatic rings. The number of nitrogens with one attached hydrogen (secondary N) is 1. The van der Waals surface area contributed by atoms with Crippen LogP contribution in [-0.4, -0.2) is 42.8 Å². The first-order valence-corrected chi connectivity index (χ1v) is 7.69. The van der Waals surface area contributed by atoms with Crippen LogP contribution in [0.4, 0.5) is 0 Å². The van der Waals surface area contributed by atoms with Gasteiger partial charge >= 0.3 is 5.97 Å². The molecule has 2 aliphatic heterocycles. The lowest BCUT2D eigenvalue weighted by molar-refractivity contribution is -0.144. The van der Waals surface area contributed by atoms with Gasteiger partial charge in [-0.05, 0) is 25.0 Å². The molecule has 2 atom stereocenters. The molecule has 0 aromatic heterocycles. The van der Waals surface area contributed by atoms with Crippen molar-refractivity contribution in [3.05, 3.63) is 35.4 Å². The fourth-order valence-corrected chi connectivity index (χ4v) is 2.89. The van der Waals surface area contributed by atoms with E-state index in [4.69, 9.17) is 9.47 Å². The van der Waals surface area contributed by atoms with E-state index in [9.17, 15) is 14.7 Å². The van der Waals surface area contributed by atoms with E-state index in [0.29, 0.717) is 18.8 Å². The van der Waals surface area contributed by atoms with Crippen molar-refractivity contribution in [3.8, 4) is 5.75 Å². The third-order valence-electron chi connectivity index (χ3n) is 4.14. The van der Waals surface area contributed by atoms with Gasteiger partial charge in [-0.2, -0.15) is 0 Å². The minimum Gasteiger partial charge on any atom is -0.488 e.